The minimum Gasteiger partial charge on any atom is -0.490 e. The topological polar surface area (TPSA) is 88.1 Å². The zero-order valence-electron chi connectivity index (χ0n) is 16.1. The second kappa shape index (κ2) is 11.1. The highest BCUT2D eigenvalue weighted by Crippen LogP contribution is 2.25. The number of halogens is 1. The van der Waals surface area contributed by atoms with Gasteiger partial charge in [0.1, 0.15) is 23.4 Å². The van der Waals surface area contributed by atoms with Gasteiger partial charge in [0.15, 0.2) is 6.61 Å². The molecule has 154 valence electrons. The lowest BCUT2D eigenvalue weighted by Gasteiger charge is -2.14. The van der Waals surface area contributed by atoms with Crippen LogP contribution in [-0.4, -0.2) is 37.0 Å². The molecule has 0 aliphatic rings. The van der Waals surface area contributed by atoms with Crippen LogP contribution in [0, 0.1) is 0 Å². The summed E-state index contributed by atoms with van der Waals surface area (Å²) in [5.74, 6) is -0.787. The molecule has 0 N–H and O–H groups in total. The van der Waals surface area contributed by atoms with Crippen LogP contribution >= 0.6 is 11.6 Å². The number of ketones is 1. The van der Waals surface area contributed by atoms with Crippen LogP contribution in [0.2, 0.25) is 5.02 Å². The van der Waals surface area contributed by atoms with E-state index in [1.807, 2.05) is 0 Å². The van der Waals surface area contributed by atoms with Crippen molar-refractivity contribution in [1.82, 2.24) is 0 Å². The summed E-state index contributed by atoms with van der Waals surface area (Å²) >= 11 is 5.84. The van der Waals surface area contributed by atoms with Crippen LogP contribution in [0.5, 0.6) is 17.2 Å². The van der Waals surface area contributed by atoms with Gasteiger partial charge in [-0.05, 0) is 62.4 Å². The molecule has 0 spiro atoms. The number of hydrogen-bond acceptors (Lipinski definition) is 7. The Morgan fingerprint density at radius 1 is 0.897 bits per heavy atom. The molecule has 0 saturated carbocycles. The molecule has 2 aromatic rings. The second-order valence-electron chi connectivity index (χ2n) is 5.96. The van der Waals surface area contributed by atoms with E-state index in [1.165, 1.54) is 0 Å². The summed E-state index contributed by atoms with van der Waals surface area (Å²) in [6, 6.07) is 13.8. The van der Waals surface area contributed by atoms with Gasteiger partial charge in [-0.15, -0.1) is 0 Å². The lowest BCUT2D eigenvalue weighted by molar-refractivity contribution is -0.159. The molecule has 0 aromatic heterocycles. The Labute approximate surface area is 173 Å². The van der Waals surface area contributed by atoms with Crippen molar-refractivity contribution in [3.63, 3.8) is 0 Å². The van der Waals surface area contributed by atoms with Crippen LogP contribution in [0.3, 0.4) is 0 Å². The highest BCUT2D eigenvalue weighted by Gasteiger charge is 2.18. The first-order valence-electron chi connectivity index (χ1n) is 8.93. The van der Waals surface area contributed by atoms with Gasteiger partial charge in [0.05, 0.1) is 13.0 Å². The van der Waals surface area contributed by atoms with E-state index in [0.29, 0.717) is 22.3 Å². The molecule has 0 aliphatic heterocycles. The van der Waals surface area contributed by atoms with Crippen LogP contribution in [0.25, 0.3) is 0 Å². The van der Waals surface area contributed by atoms with Crippen LogP contribution in [0.4, 0.5) is 0 Å². The molecule has 0 amide bonds. The Hall–Kier alpha value is -3.06. The average Bonchev–Trinajstić information content (AvgIpc) is 2.69. The summed E-state index contributed by atoms with van der Waals surface area (Å²) in [5.41, 5.74) is 0. The van der Waals surface area contributed by atoms with Gasteiger partial charge in [-0.1, -0.05) is 11.6 Å². The van der Waals surface area contributed by atoms with Gasteiger partial charge >= 0.3 is 11.9 Å². The molecule has 0 bridgehead atoms. The van der Waals surface area contributed by atoms with Gasteiger partial charge in [-0.2, -0.15) is 0 Å². The fourth-order valence-electron chi connectivity index (χ4n) is 2.21. The molecular formula is C21H21ClO7. The summed E-state index contributed by atoms with van der Waals surface area (Å²) in [5, 5.41) is 0.624. The summed E-state index contributed by atoms with van der Waals surface area (Å²) in [6.07, 6.45) is -0.581. The SMILES string of the molecule is CCOC(=O)C(=O)COC(=O)CC(C)Oc1ccc(Oc2ccc(Cl)cc2)cc1. The normalized spacial score (nSPS) is 11.3. The van der Waals surface area contributed by atoms with Crippen LogP contribution < -0.4 is 9.47 Å². The Morgan fingerprint density at radius 2 is 1.45 bits per heavy atom. The number of benzene rings is 2. The molecule has 2 rings (SSSR count). The van der Waals surface area contributed by atoms with Crippen molar-refractivity contribution in [2.45, 2.75) is 26.4 Å². The van der Waals surface area contributed by atoms with E-state index in [1.54, 1.807) is 62.4 Å². The predicted molar refractivity (Wildman–Crippen MR) is 105 cm³/mol. The second-order valence-corrected chi connectivity index (χ2v) is 6.40. The average molecular weight is 421 g/mol. The van der Waals surface area contributed by atoms with E-state index < -0.39 is 30.4 Å². The van der Waals surface area contributed by atoms with Crippen molar-refractivity contribution >= 4 is 29.3 Å². The highest BCUT2D eigenvalue weighted by atomic mass is 35.5. The van der Waals surface area contributed by atoms with E-state index in [2.05, 4.69) is 4.74 Å². The zero-order chi connectivity index (χ0) is 21.2. The van der Waals surface area contributed by atoms with Crippen molar-refractivity contribution < 1.29 is 33.3 Å². The molecule has 0 radical (unpaired) electrons. The predicted octanol–water partition coefficient (Wildman–Crippen LogP) is 3.97. The van der Waals surface area contributed by atoms with Crippen molar-refractivity contribution in [3.05, 3.63) is 53.6 Å². The van der Waals surface area contributed by atoms with Gasteiger partial charge in [-0.25, -0.2) is 4.79 Å². The van der Waals surface area contributed by atoms with Crippen molar-refractivity contribution in [2.24, 2.45) is 0 Å². The standard InChI is InChI=1S/C21H21ClO7/c1-3-26-21(25)19(23)13-27-20(24)12-14(2)28-16-8-10-18(11-9-16)29-17-6-4-15(22)5-7-17/h4-11,14H,3,12-13H2,1-2H3. The van der Waals surface area contributed by atoms with Crippen LogP contribution in [-0.2, 0) is 23.9 Å². The maximum absolute atomic E-state index is 11.8. The van der Waals surface area contributed by atoms with Gasteiger partial charge in [0.2, 0.25) is 0 Å². The van der Waals surface area contributed by atoms with Gasteiger partial charge in [-0.3, -0.25) is 9.59 Å². The molecule has 8 heteroatoms. The van der Waals surface area contributed by atoms with Gasteiger partial charge in [0.25, 0.3) is 5.78 Å². The molecule has 2 aromatic carbocycles. The third-order valence-electron chi connectivity index (χ3n) is 3.53. The third kappa shape index (κ3) is 7.83. The summed E-state index contributed by atoms with van der Waals surface area (Å²) in [6.45, 7) is 2.69. The number of ether oxygens (including phenoxy) is 4. The van der Waals surface area contributed by atoms with Crippen LogP contribution in [0.15, 0.2) is 48.5 Å². The molecule has 7 nitrogen and oxygen atoms in total. The van der Waals surface area contributed by atoms with Crippen molar-refractivity contribution in [2.75, 3.05) is 13.2 Å². The van der Waals surface area contributed by atoms with Gasteiger partial charge < -0.3 is 18.9 Å². The summed E-state index contributed by atoms with van der Waals surface area (Å²) in [4.78, 5) is 34.3. The van der Waals surface area contributed by atoms with Crippen molar-refractivity contribution in [3.8, 4) is 17.2 Å². The number of carbonyl (C=O) groups is 3. The number of Topliss-reactive ketones (excluding diaryl/α,β-unsaturated/α-hetero) is 1. The molecule has 29 heavy (non-hydrogen) atoms. The van der Waals surface area contributed by atoms with E-state index in [9.17, 15) is 14.4 Å². The number of hydrogen-bond donors (Lipinski definition) is 0. The summed E-state index contributed by atoms with van der Waals surface area (Å²) in [7, 11) is 0. The Balaban J connectivity index is 1.77. The fraction of sp³-hybridized carbons (Fsp3) is 0.286. The van der Waals surface area contributed by atoms with Crippen LogP contribution in [0.1, 0.15) is 20.3 Å². The first kappa shape index (κ1) is 22.2. The number of carbonyl (C=O) groups excluding carboxylic acids is 3. The molecule has 1 unspecified atom stereocenters. The van der Waals surface area contributed by atoms with E-state index >= 15 is 0 Å². The largest absolute Gasteiger partial charge is 0.490 e. The molecule has 0 heterocycles. The number of esters is 2. The van der Waals surface area contributed by atoms with Crippen molar-refractivity contribution in [1.29, 1.82) is 0 Å². The smallest absolute Gasteiger partial charge is 0.378 e. The lowest BCUT2D eigenvalue weighted by Crippen LogP contribution is -2.26. The third-order valence-corrected chi connectivity index (χ3v) is 3.78. The minimum atomic E-state index is -1.02. The maximum atomic E-state index is 11.8. The molecule has 0 saturated heterocycles. The van der Waals surface area contributed by atoms with Gasteiger partial charge in [0, 0.05) is 5.02 Å². The molecule has 1 atom stereocenters. The first-order valence-corrected chi connectivity index (χ1v) is 9.31. The molecule has 0 aliphatic carbocycles. The minimum absolute atomic E-state index is 0.0763. The van der Waals surface area contributed by atoms with E-state index in [0.717, 1.165) is 0 Å². The Bertz CT molecular complexity index is 831. The Morgan fingerprint density at radius 3 is 2.03 bits per heavy atom. The first-order chi connectivity index (χ1) is 13.9. The summed E-state index contributed by atoms with van der Waals surface area (Å²) < 4.78 is 20.6. The maximum Gasteiger partial charge on any atom is 0.378 e. The molecule has 0 fully saturated rings. The molecular weight excluding hydrogens is 400 g/mol. The zero-order valence-corrected chi connectivity index (χ0v) is 16.8. The van der Waals surface area contributed by atoms with E-state index in [4.69, 9.17) is 25.8 Å². The fourth-order valence-corrected chi connectivity index (χ4v) is 2.34. The highest BCUT2D eigenvalue weighted by molar-refractivity contribution is 6.34. The lowest BCUT2D eigenvalue weighted by atomic mass is 10.2. The quantitative estimate of drug-likeness (QED) is 0.424. The Kier molecular flexibility index (Phi) is 8.48. The monoisotopic (exact) mass is 420 g/mol. The van der Waals surface area contributed by atoms with E-state index in [-0.39, 0.29) is 13.0 Å². The number of rotatable bonds is 10.